The van der Waals surface area contributed by atoms with Crippen molar-refractivity contribution >= 4 is 6.08 Å². The van der Waals surface area contributed by atoms with Crippen LogP contribution >= 0.6 is 0 Å². The van der Waals surface area contributed by atoms with Crippen molar-refractivity contribution in [3.05, 3.63) is 94.3 Å². The van der Waals surface area contributed by atoms with Crippen molar-refractivity contribution in [1.82, 2.24) is 0 Å². The Morgan fingerprint density at radius 3 is 2.27 bits per heavy atom. The van der Waals surface area contributed by atoms with E-state index in [0.717, 1.165) is 12.0 Å². The molecular formula is C30H29F5O2. The molecule has 1 heterocycles. The van der Waals surface area contributed by atoms with Gasteiger partial charge in [-0.2, -0.15) is 4.39 Å². The average Bonchev–Trinajstić information content (AvgIpc) is 2.89. The second-order valence-corrected chi connectivity index (χ2v) is 9.16. The third-order valence-electron chi connectivity index (χ3n) is 6.72. The summed E-state index contributed by atoms with van der Waals surface area (Å²) in [5, 5.41) is 0. The Labute approximate surface area is 213 Å². The Bertz CT molecular complexity index is 1280. The molecule has 196 valence electrons. The van der Waals surface area contributed by atoms with Gasteiger partial charge in [0.05, 0.1) is 19.3 Å². The summed E-state index contributed by atoms with van der Waals surface area (Å²) < 4.78 is 83.9. The molecule has 0 bridgehead atoms. The molecule has 0 radical (unpaired) electrons. The first-order valence-corrected chi connectivity index (χ1v) is 12.5. The maximum atomic E-state index is 14.9. The van der Waals surface area contributed by atoms with E-state index in [0.29, 0.717) is 25.0 Å². The Balaban J connectivity index is 1.39. The Morgan fingerprint density at radius 1 is 0.892 bits per heavy atom. The quantitative estimate of drug-likeness (QED) is 0.279. The van der Waals surface area contributed by atoms with Crippen LogP contribution in [-0.2, 0) is 11.2 Å². The Kier molecular flexibility index (Phi) is 8.64. The van der Waals surface area contributed by atoms with Gasteiger partial charge in [0.2, 0.25) is 5.82 Å². The minimum absolute atomic E-state index is 0.112. The van der Waals surface area contributed by atoms with E-state index in [9.17, 15) is 22.0 Å². The lowest BCUT2D eigenvalue weighted by atomic mass is 9.89. The summed E-state index contributed by atoms with van der Waals surface area (Å²) >= 11 is 0. The first-order valence-electron chi connectivity index (χ1n) is 12.5. The minimum Gasteiger partial charge on any atom is -0.491 e. The summed E-state index contributed by atoms with van der Waals surface area (Å²) in [6, 6.07) is 10.1. The zero-order chi connectivity index (χ0) is 26.5. The van der Waals surface area contributed by atoms with Gasteiger partial charge < -0.3 is 9.47 Å². The van der Waals surface area contributed by atoms with Crippen LogP contribution in [0.5, 0.6) is 5.75 Å². The Hall–Kier alpha value is -3.19. The normalized spacial score (nSPS) is 17.9. The molecule has 37 heavy (non-hydrogen) atoms. The van der Waals surface area contributed by atoms with E-state index in [4.69, 9.17) is 9.47 Å². The molecule has 3 aromatic rings. The minimum atomic E-state index is -1.29. The number of benzene rings is 3. The van der Waals surface area contributed by atoms with Crippen molar-refractivity contribution in [2.24, 2.45) is 5.92 Å². The molecule has 4 rings (SSSR count). The molecular weight excluding hydrogens is 487 g/mol. The molecule has 7 heteroatoms. The van der Waals surface area contributed by atoms with Crippen LogP contribution in [-0.4, -0.2) is 13.2 Å². The maximum absolute atomic E-state index is 14.9. The number of aryl methyl sites for hydroxylation is 1. The number of rotatable bonds is 8. The fourth-order valence-corrected chi connectivity index (χ4v) is 4.74. The molecule has 3 aromatic carbocycles. The summed E-state index contributed by atoms with van der Waals surface area (Å²) in [5.74, 6) is -5.32. The summed E-state index contributed by atoms with van der Waals surface area (Å²) in [5.41, 5.74) is 0.732. The largest absolute Gasteiger partial charge is 0.491 e. The number of hydrogen-bond acceptors (Lipinski definition) is 2. The van der Waals surface area contributed by atoms with Crippen LogP contribution in [0.1, 0.15) is 55.9 Å². The molecule has 0 aromatic heterocycles. The lowest BCUT2D eigenvalue weighted by Gasteiger charge is -2.29. The van der Waals surface area contributed by atoms with Crippen LogP contribution in [0.4, 0.5) is 22.0 Å². The lowest BCUT2D eigenvalue weighted by Crippen LogP contribution is -2.22. The highest BCUT2D eigenvalue weighted by Gasteiger charge is 2.26. The van der Waals surface area contributed by atoms with E-state index in [1.165, 1.54) is 30.3 Å². The van der Waals surface area contributed by atoms with Gasteiger partial charge in [0, 0.05) is 16.7 Å². The molecule has 0 spiro atoms. The predicted molar refractivity (Wildman–Crippen MR) is 134 cm³/mol. The van der Waals surface area contributed by atoms with E-state index in [1.54, 1.807) is 13.0 Å². The number of hydrogen-bond donors (Lipinski definition) is 0. The molecule has 1 fully saturated rings. The standard InChI is InChI=1S/C30H29F5O2/c1-3-5-18-7-11-23(24(31)16-18)25-14-8-19(17-37-25)6-9-20-10-12-21(28(33)27(20)32)22-13-15-26(36-4-2)30(35)29(22)34/h3,5,7,10-13,15-16,19,25H,4,6,8-9,14,17H2,1-2H3. The molecule has 2 unspecified atom stereocenters. The molecule has 0 amide bonds. The van der Waals surface area contributed by atoms with Gasteiger partial charge in [0.15, 0.2) is 23.2 Å². The molecule has 2 nitrogen and oxygen atoms in total. The molecule has 2 atom stereocenters. The fraction of sp³-hybridized carbons (Fsp3) is 0.333. The van der Waals surface area contributed by atoms with Crippen LogP contribution in [0, 0.1) is 35.0 Å². The van der Waals surface area contributed by atoms with E-state index in [2.05, 4.69) is 0 Å². The summed E-state index contributed by atoms with van der Waals surface area (Å²) in [7, 11) is 0. The summed E-state index contributed by atoms with van der Waals surface area (Å²) in [4.78, 5) is 0. The Morgan fingerprint density at radius 2 is 1.62 bits per heavy atom. The van der Waals surface area contributed by atoms with Gasteiger partial charge in [-0.3, -0.25) is 0 Å². The van der Waals surface area contributed by atoms with Gasteiger partial charge in [-0.25, -0.2) is 17.6 Å². The zero-order valence-corrected chi connectivity index (χ0v) is 20.8. The van der Waals surface area contributed by atoms with Crippen LogP contribution in [0.15, 0.2) is 48.5 Å². The van der Waals surface area contributed by atoms with E-state index in [1.807, 2.05) is 25.1 Å². The number of ether oxygens (including phenoxy) is 2. The van der Waals surface area contributed by atoms with Crippen LogP contribution in [0.3, 0.4) is 0 Å². The zero-order valence-electron chi connectivity index (χ0n) is 20.8. The van der Waals surface area contributed by atoms with Gasteiger partial charge in [0.25, 0.3) is 0 Å². The van der Waals surface area contributed by atoms with E-state index >= 15 is 0 Å². The van der Waals surface area contributed by atoms with Crippen molar-refractivity contribution in [1.29, 1.82) is 0 Å². The molecule has 0 N–H and O–H groups in total. The van der Waals surface area contributed by atoms with Crippen molar-refractivity contribution < 1.29 is 31.4 Å². The summed E-state index contributed by atoms with van der Waals surface area (Å²) in [6.45, 7) is 4.02. The third-order valence-corrected chi connectivity index (χ3v) is 6.72. The third kappa shape index (κ3) is 5.87. The first-order chi connectivity index (χ1) is 17.8. The van der Waals surface area contributed by atoms with Crippen molar-refractivity contribution in [3.63, 3.8) is 0 Å². The average molecular weight is 517 g/mol. The maximum Gasteiger partial charge on any atom is 0.201 e. The van der Waals surface area contributed by atoms with Crippen LogP contribution in [0.2, 0.25) is 0 Å². The lowest BCUT2D eigenvalue weighted by molar-refractivity contribution is -0.0209. The monoisotopic (exact) mass is 516 g/mol. The van der Waals surface area contributed by atoms with Crippen molar-refractivity contribution in [2.75, 3.05) is 13.2 Å². The van der Waals surface area contributed by atoms with Crippen molar-refractivity contribution in [2.45, 2.75) is 45.6 Å². The smallest absolute Gasteiger partial charge is 0.201 e. The van der Waals surface area contributed by atoms with Crippen LogP contribution in [0.25, 0.3) is 17.2 Å². The number of halogens is 5. The van der Waals surface area contributed by atoms with Gasteiger partial charge >= 0.3 is 0 Å². The van der Waals surface area contributed by atoms with E-state index < -0.39 is 23.3 Å². The van der Waals surface area contributed by atoms with Gasteiger partial charge in [-0.1, -0.05) is 36.4 Å². The fourth-order valence-electron chi connectivity index (χ4n) is 4.74. The molecule has 1 aliphatic rings. The van der Waals surface area contributed by atoms with E-state index in [-0.39, 0.29) is 53.3 Å². The van der Waals surface area contributed by atoms with Gasteiger partial charge in [0.1, 0.15) is 5.82 Å². The summed E-state index contributed by atoms with van der Waals surface area (Å²) in [6.07, 6.45) is 5.53. The second kappa shape index (κ2) is 11.9. The van der Waals surface area contributed by atoms with Gasteiger partial charge in [-0.05, 0) is 74.8 Å². The SMILES string of the molecule is CC=Cc1ccc(C2CCC(CCc3ccc(-c4ccc(OCC)c(F)c4F)c(F)c3F)CO2)c(F)c1. The predicted octanol–water partition coefficient (Wildman–Crippen LogP) is 8.58. The molecule has 0 aliphatic carbocycles. The molecule has 1 saturated heterocycles. The molecule has 0 saturated carbocycles. The number of allylic oxidation sites excluding steroid dienone is 1. The molecule has 1 aliphatic heterocycles. The van der Waals surface area contributed by atoms with Crippen molar-refractivity contribution in [3.8, 4) is 16.9 Å². The second-order valence-electron chi connectivity index (χ2n) is 9.16. The highest BCUT2D eigenvalue weighted by Crippen LogP contribution is 2.36. The highest BCUT2D eigenvalue weighted by molar-refractivity contribution is 5.66. The first kappa shape index (κ1) is 26.9. The van der Waals surface area contributed by atoms with Gasteiger partial charge in [-0.15, -0.1) is 0 Å². The topological polar surface area (TPSA) is 18.5 Å². The van der Waals surface area contributed by atoms with Crippen LogP contribution < -0.4 is 4.74 Å². The highest BCUT2D eigenvalue weighted by atomic mass is 19.2.